The zero-order valence-corrected chi connectivity index (χ0v) is 23.6. The van der Waals surface area contributed by atoms with E-state index in [2.05, 4.69) is 24.3 Å². The molecule has 7 unspecified atom stereocenters. The van der Waals surface area contributed by atoms with E-state index in [4.69, 9.17) is 18.4 Å². The van der Waals surface area contributed by atoms with Gasteiger partial charge in [-0.05, 0) is 40.1 Å². The first kappa shape index (κ1) is 25.4. The molecule has 7 atom stereocenters. The summed E-state index contributed by atoms with van der Waals surface area (Å²) in [5.41, 5.74) is 4.67. The van der Waals surface area contributed by atoms with Crippen LogP contribution in [0.15, 0.2) is 91.0 Å². The van der Waals surface area contributed by atoms with Crippen molar-refractivity contribution in [3.8, 4) is 5.75 Å². The predicted molar refractivity (Wildman–Crippen MR) is 154 cm³/mol. The number of hydrogen-bond acceptors (Lipinski definition) is 8. The zero-order valence-electron chi connectivity index (χ0n) is 22.7. The van der Waals surface area contributed by atoms with E-state index in [9.17, 15) is 18.0 Å². The van der Waals surface area contributed by atoms with Crippen LogP contribution in [0, 0.1) is 11.8 Å². The third-order valence-electron chi connectivity index (χ3n) is 9.99. The third kappa shape index (κ3) is 3.53. The second-order valence-electron chi connectivity index (χ2n) is 12.0. The summed E-state index contributed by atoms with van der Waals surface area (Å²) < 4.78 is 49.7. The van der Waals surface area contributed by atoms with Gasteiger partial charge in [0.15, 0.2) is 6.10 Å². The highest BCUT2D eigenvalue weighted by Gasteiger charge is 2.74. The molecule has 43 heavy (non-hydrogen) atoms. The van der Waals surface area contributed by atoms with Gasteiger partial charge in [-0.3, -0.25) is 13.8 Å². The van der Waals surface area contributed by atoms with Gasteiger partial charge in [0.1, 0.15) is 35.2 Å². The van der Waals surface area contributed by atoms with Crippen LogP contribution in [0.1, 0.15) is 40.5 Å². The summed E-state index contributed by atoms with van der Waals surface area (Å²) in [6.07, 6.45) is -3.38. The fourth-order valence-electron chi connectivity index (χ4n) is 8.28. The molecular weight excluding hydrogens is 568 g/mol. The quantitative estimate of drug-likeness (QED) is 0.194. The molecule has 0 spiro atoms. The van der Waals surface area contributed by atoms with Gasteiger partial charge in [-0.25, -0.2) is 0 Å². The van der Waals surface area contributed by atoms with Gasteiger partial charge < -0.3 is 14.2 Å². The third-order valence-corrected chi connectivity index (χ3v) is 11.7. The van der Waals surface area contributed by atoms with Crippen LogP contribution in [0.2, 0.25) is 0 Å². The van der Waals surface area contributed by atoms with E-state index >= 15 is 0 Å². The summed E-state index contributed by atoms with van der Waals surface area (Å²) >= 11 is 0. The first-order valence-corrected chi connectivity index (χ1v) is 16.0. The molecule has 0 radical (unpaired) electrons. The van der Waals surface area contributed by atoms with Gasteiger partial charge in [-0.1, -0.05) is 84.9 Å². The molecule has 6 aliphatic rings. The average molecular weight is 595 g/mol. The monoisotopic (exact) mass is 594 g/mol. The topological polar surface area (TPSA) is 105 Å². The second kappa shape index (κ2) is 8.98. The van der Waals surface area contributed by atoms with Gasteiger partial charge in [0.2, 0.25) is 0 Å². The number of hydrogen-bond donors (Lipinski definition) is 0. The molecule has 0 saturated carbocycles. The van der Waals surface area contributed by atoms with Crippen molar-refractivity contribution in [3.05, 3.63) is 113 Å². The van der Waals surface area contributed by atoms with Gasteiger partial charge >= 0.3 is 11.9 Å². The minimum absolute atomic E-state index is 0.0575. The van der Waals surface area contributed by atoms with Crippen molar-refractivity contribution >= 4 is 32.8 Å². The van der Waals surface area contributed by atoms with E-state index in [1.165, 1.54) is 11.1 Å². The minimum atomic E-state index is -4.16. The highest BCUT2D eigenvalue weighted by Crippen LogP contribution is 2.57. The molecule has 3 heterocycles. The highest BCUT2D eigenvalue weighted by molar-refractivity contribution is 7.87. The van der Waals surface area contributed by atoms with Crippen molar-refractivity contribution in [2.24, 2.45) is 11.8 Å². The van der Waals surface area contributed by atoms with Gasteiger partial charge in [0.05, 0.1) is 5.92 Å². The van der Waals surface area contributed by atoms with Crippen LogP contribution >= 0.6 is 0 Å². The fourth-order valence-corrected chi connectivity index (χ4v) is 10.1. The van der Waals surface area contributed by atoms with Crippen LogP contribution in [0.25, 0.3) is 10.8 Å². The molecule has 3 saturated heterocycles. The Morgan fingerprint density at radius 2 is 1.37 bits per heavy atom. The van der Waals surface area contributed by atoms with Crippen molar-refractivity contribution in [2.45, 2.75) is 47.9 Å². The number of rotatable bonds is 4. The highest BCUT2D eigenvalue weighted by atomic mass is 32.2. The molecule has 4 bridgehead atoms. The standard InChI is InChI=1S/C34H26O8S/c35-33(24-16-23-19-11-3-5-13-21(19)26(24)22-14-6-4-12-20(22)23)41-29-28-27(32-31(40-28)30(29)42-43(32,37)38)34(36)39-25-15-7-9-17-8-1-2-10-18(17)25/h1-15,23-24,26-32H,16H2. The van der Waals surface area contributed by atoms with E-state index in [1.807, 2.05) is 54.6 Å². The predicted octanol–water partition coefficient (Wildman–Crippen LogP) is 4.45. The van der Waals surface area contributed by atoms with Crippen LogP contribution in [0.5, 0.6) is 5.75 Å². The first-order chi connectivity index (χ1) is 20.9. The summed E-state index contributed by atoms with van der Waals surface area (Å²) in [5, 5.41) is 0.386. The van der Waals surface area contributed by atoms with Crippen LogP contribution in [0.4, 0.5) is 0 Å². The SMILES string of the molecule is O=C(OC1C2OS(=O)(=O)C3C2OC1C3C(=O)Oc1cccc2ccccc12)C1CC2c3ccccc3C1c1ccccc12. The molecule has 0 N–H and O–H groups in total. The molecule has 4 aromatic carbocycles. The van der Waals surface area contributed by atoms with Gasteiger partial charge in [-0.15, -0.1) is 0 Å². The number of carbonyl (C=O) groups is 2. The maximum Gasteiger partial charge on any atom is 0.318 e. The lowest BCUT2D eigenvalue weighted by molar-refractivity contribution is -0.165. The first-order valence-electron chi connectivity index (χ1n) is 14.6. The van der Waals surface area contributed by atoms with Crippen molar-refractivity contribution < 1.29 is 36.4 Å². The molecule has 3 aliphatic heterocycles. The molecular formula is C34H26O8S. The molecule has 216 valence electrons. The number of ether oxygens (including phenoxy) is 3. The molecule has 3 fully saturated rings. The van der Waals surface area contributed by atoms with Crippen LogP contribution < -0.4 is 4.74 Å². The Bertz CT molecular complexity index is 1900. The van der Waals surface area contributed by atoms with Crippen LogP contribution in [-0.2, 0) is 33.4 Å². The molecule has 4 aromatic rings. The van der Waals surface area contributed by atoms with Crippen molar-refractivity contribution in [3.63, 3.8) is 0 Å². The van der Waals surface area contributed by atoms with E-state index in [0.717, 1.165) is 21.9 Å². The Morgan fingerprint density at radius 1 is 0.721 bits per heavy atom. The van der Waals surface area contributed by atoms with Crippen molar-refractivity contribution in [1.29, 1.82) is 0 Å². The second-order valence-corrected chi connectivity index (χ2v) is 13.8. The Hall–Kier alpha value is -4.05. The Kier molecular flexibility index (Phi) is 5.32. The van der Waals surface area contributed by atoms with Crippen molar-refractivity contribution in [1.82, 2.24) is 0 Å². The Morgan fingerprint density at radius 3 is 2.12 bits per heavy atom. The van der Waals surface area contributed by atoms with E-state index in [1.54, 1.807) is 12.1 Å². The molecule has 9 heteroatoms. The average Bonchev–Trinajstić information content (AvgIpc) is 3.64. The molecule has 3 aliphatic carbocycles. The summed E-state index contributed by atoms with van der Waals surface area (Å²) in [4.78, 5) is 27.7. The summed E-state index contributed by atoms with van der Waals surface area (Å²) in [6.45, 7) is 0. The molecule has 0 amide bonds. The van der Waals surface area contributed by atoms with Gasteiger partial charge in [0, 0.05) is 17.2 Å². The fraction of sp³-hybridized carbons (Fsp3) is 0.294. The minimum Gasteiger partial charge on any atom is -0.456 e. The largest absolute Gasteiger partial charge is 0.456 e. The Balaban J connectivity index is 1.03. The lowest BCUT2D eigenvalue weighted by atomic mass is 9.59. The summed E-state index contributed by atoms with van der Waals surface area (Å²) in [6, 6.07) is 29.2. The van der Waals surface area contributed by atoms with Crippen LogP contribution in [-0.4, -0.2) is 50.0 Å². The van der Waals surface area contributed by atoms with Gasteiger partial charge in [0.25, 0.3) is 10.1 Å². The normalized spacial score (nSPS) is 33.6. The number of carbonyl (C=O) groups excluding carboxylic acids is 2. The lowest BCUT2D eigenvalue weighted by Gasteiger charge is -2.44. The van der Waals surface area contributed by atoms with E-state index in [-0.39, 0.29) is 11.8 Å². The molecule has 8 nitrogen and oxygen atoms in total. The summed E-state index contributed by atoms with van der Waals surface area (Å²) in [7, 11) is -4.16. The summed E-state index contributed by atoms with van der Waals surface area (Å²) in [5.74, 6) is -2.66. The number of fused-ring (bicyclic) bond motifs is 3. The van der Waals surface area contributed by atoms with E-state index < -0.39 is 63.6 Å². The lowest BCUT2D eigenvalue weighted by Crippen LogP contribution is -2.51. The molecule has 10 rings (SSSR count). The maximum absolute atomic E-state index is 14.0. The number of esters is 2. The zero-order chi connectivity index (χ0) is 29.0. The smallest absolute Gasteiger partial charge is 0.318 e. The number of benzene rings is 4. The Labute approximate surface area is 247 Å². The van der Waals surface area contributed by atoms with E-state index in [0.29, 0.717) is 12.2 Å². The van der Waals surface area contributed by atoms with Gasteiger partial charge in [-0.2, -0.15) is 8.42 Å². The van der Waals surface area contributed by atoms with Crippen molar-refractivity contribution in [2.75, 3.05) is 0 Å². The molecule has 0 aromatic heterocycles. The maximum atomic E-state index is 14.0. The van der Waals surface area contributed by atoms with Crippen LogP contribution in [0.3, 0.4) is 0 Å².